The van der Waals surface area contributed by atoms with Crippen LogP contribution in [0.2, 0.25) is 0 Å². The summed E-state index contributed by atoms with van der Waals surface area (Å²) in [6, 6.07) is 6.27. The molecule has 94 valence electrons. The van der Waals surface area contributed by atoms with Gasteiger partial charge in [-0.3, -0.25) is 0 Å². The van der Waals surface area contributed by atoms with Crippen LogP contribution in [0.1, 0.15) is 62.2 Å². The van der Waals surface area contributed by atoms with Crippen LogP contribution in [0.5, 0.6) is 5.75 Å². The van der Waals surface area contributed by atoms with E-state index in [1.165, 1.54) is 37.7 Å². The summed E-state index contributed by atoms with van der Waals surface area (Å²) in [5.41, 5.74) is 2.27. The smallest absolute Gasteiger partial charge is 0.124 e. The van der Waals surface area contributed by atoms with Gasteiger partial charge in [0, 0.05) is 5.56 Å². The van der Waals surface area contributed by atoms with E-state index >= 15 is 0 Å². The maximum atomic E-state index is 9.78. The van der Waals surface area contributed by atoms with Crippen molar-refractivity contribution in [2.45, 2.75) is 51.0 Å². The summed E-state index contributed by atoms with van der Waals surface area (Å²) in [7, 11) is 1.65. The Labute approximate surface area is 104 Å². The first-order chi connectivity index (χ1) is 8.22. The van der Waals surface area contributed by atoms with Gasteiger partial charge in [0.1, 0.15) is 5.75 Å². The molecule has 1 fully saturated rings. The second kappa shape index (κ2) is 5.54. The van der Waals surface area contributed by atoms with Crippen LogP contribution in [0.15, 0.2) is 18.2 Å². The van der Waals surface area contributed by atoms with E-state index in [0.29, 0.717) is 5.92 Å². The first-order valence-corrected chi connectivity index (χ1v) is 6.58. The SMILES string of the molecule is COc1ccc(C2CCCCC2)cc1C(C)O. The zero-order valence-corrected chi connectivity index (χ0v) is 10.8. The largest absolute Gasteiger partial charge is 0.496 e. The average Bonchev–Trinajstić information content (AvgIpc) is 2.39. The highest BCUT2D eigenvalue weighted by molar-refractivity contribution is 5.40. The van der Waals surface area contributed by atoms with Gasteiger partial charge in [-0.1, -0.05) is 25.3 Å². The Hall–Kier alpha value is -1.02. The van der Waals surface area contributed by atoms with Gasteiger partial charge in [0.2, 0.25) is 0 Å². The molecule has 1 aliphatic rings. The highest BCUT2D eigenvalue weighted by atomic mass is 16.5. The third kappa shape index (κ3) is 2.81. The molecule has 0 aromatic heterocycles. The molecule has 1 aliphatic carbocycles. The average molecular weight is 234 g/mol. The summed E-state index contributed by atoms with van der Waals surface area (Å²) in [5, 5.41) is 9.78. The van der Waals surface area contributed by atoms with Crippen LogP contribution in [0, 0.1) is 0 Å². The number of ether oxygens (including phenoxy) is 1. The van der Waals surface area contributed by atoms with Gasteiger partial charge in [-0.25, -0.2) is 0 Å². The molecule has 1 aromatic rings. The summed E-state index contributed by atoms with van der Waals surface area (Å²) in [6.07, 6.45) is 6.14. The van der Waals surface area contributed by atoms with Gasteiger partial charge >= 0.3 is 0 Å². The van der Waals surface area contributed by atoms with E-state index in [0.717, 1.165) is 11.3 Å². The summed E-state index contributed by atoms with van der Waals surface area (Å²) in [4.78, 5) is 0. The Morgan fingerprint density at radius 2 is 1.94 bits per heavy atom. The Morgan fingerprint density at radius 3 is 2.53 bits per heavy atom. The molecule has 0 saturated heterocycles. The number of aliphatic hydroxyl groups excluding tert-OH is 1. The van der Waals surface area contributed by atoms with Gasteiger partial charge in [-0.15, -0.1) is 0 Å². The molecule has 0 spiro atoms. The number of hydrogen-bond donors (Lipinski definition) is 1. The Morgan fingerprint density at radius 1 is 1.24 bits per heavy atom. The normalized spacial score (nSPS) is 19.0. The number of hydrogen-bond acceptors (Lipinski definition) is 2. The van der Waals surface area contributed by atoms with E-state index in [9.17, 15) is 5.11 Å². The zero-order chi connectivity index (χ0) is 12.3. The van der Waals surface area contributed by atoms with Crippen molar-refractivity contribution in [3.05, 3.63) is 29.3 Å². The van der Waals surface area contributed by atoms with Crippen LogP contribution in [-0.2, 0) is 0 Å². The van der Waals surface area contributed by atoms with E-state index in [2.05, 4.69) is 12.1 Å². The minimum atomic E-state index is -0.464. The Balaban J connectivity index is 2.26. The maximum absolute atomic E-state index is 9.78. The van der Waals surface area contributed by atoms with Crippen molar-refractivity contribution in [1.29, 1.82) is 0 Å². The molecule has 2 rings (SSSR count). The number of rotatable bonds is 3. The molecule has 2 nitrogen and oxygen atoms in total. The predicted octanol–water partition coefficient (Wildman–Crippen LogP) is 3.80. The van der Waals surface area contributed by atoms with Crippen LogP contribution in [0.25, 0.3) is 0 Å². The first-order valence-electron chi connectivity index (χ1n) is 6.58. The molecular weight excluding hydrogens is 212 g/mol. The quantitative estimate of drug-likeness (QED) is 0.862. The lowest BCUT2D eigenvalue weighted by Crippen LogP contribution is -2.06. The first kappa shape index (κ1) is 12.4. The lowest BCUT2D eigenvalue weighted by atomic mass is 9.83. The molecule has 1 saturated carbocycles. The molecule has 0 amide bonds. The minimum Gasteiger partial charge on any atom is -0.496 e. The summed E-state index contributed by atoms with van der Waals surface area (Å²) in [6.45, 7) is 1.79. The van der Waals surface area contributed by atoms with Crippen molar-refractivity contribution in [3.63, 3.8) is 0 Å². The molecule has 2 heteroatoms. The molecule has 0 radical (unpaired) electrons. The van der Waals surface area contributed by atoms with Crippen LogP contribution < -0.4 is 4.74 Å². The van der Waals surface area contributed by atoms with E-state index in [-0.39, 0.29) is 0 Å². The van der Waals surface area contributed by atoms with E-state index < -0.39 is 6.10 Å². The molecule has 1 unspecified atom stereocenters. The van der Waals surface area contributed by atoms with Gasteiger partial charge in [-0.2, -0.15) is 0 Å². The third-order valence-electron chi connectivity index (χ3n) is 3.78. The molecule has 0 bridgehead atoms. The Kier molecular flexibility index (Phi) is 4.06. The van der Waals surface area contributed by atoms with Crippen molar-refractivity contribution in [2.75, 3.05) is 7.11 Å². The van der Waals surface area contributed by atoms with Gasteiger partial charge in [0.05, 0.1) is 13.2 Å². The van der Waals surface area contributed by atoms with Crippen LogP contribution >= 0.6 is 0 Å². The minimum absolute atomic E-state index is 0.464. The molecule has 0 heterocycles. The number of benzene rings is 1. The van der Waals surface area contributed by atoms with Crippen molar-refractivity contribution in [2.24, 2.45) is 0 Å². The lowest BCUT2D eigenvalue weighted by molar-refractivity contribution is 0.194. The van der Waals surface area contributed by atoms with Crippen LogP contribution in [-0.4, -0.2) is 12.2 Å². The monoisotopic (exact) mass is 234 g/mol. The van der Waals surface area contributed by atoms with E-state index in [1.807, 2.05) is 6.07 Å². The molecule has 17 heavy (non-hydrogen) atoms. The molecule has 1 aromatic carbocycles. The molecule has 1 N–H and O–H groups in total. The second-order valence-corrected chi connectivity index (χ2v) is 5.01. The highest BCUT2D eigenvalue weighted by Gasteiger charge is 2.18. The fourth-order valence-corrected chi connectivity index (χ4v) is 2.77. The lowest BCUT2D eigenvalue weighted by Gasteiger charge is -2.23. The third-order valence-corrected chi connectivity index (χ3v) is 3.78. The van der Waals surface area contributed by atoms with Crippen molar-refractivity contribution in [1.82, 2.24) is 0 Å². The van der Waals surface area contributed by atoms with Gasteiger partial charge in [0.15, 0.2) is 0 Å². The van der Waals surface area contributed by atoms with Crippen molar-refractivity contribution < 1.29 is 9.84 Å². The Bertz CT molecular complexity index is 365. The standard InChI is InChI=1S/C15H22O2/c1-11(16)14-10-13(8-9-15(14)17-2)12-6-4-3-5-7-12/h8-12,16H,3-7H2,1-2H3. The van der Waals surface area contributed by atoms with Gasteiger partial charge < -0.3 is 9.84 Å². The maximum Gasteiger partial charge on any atom is 0.124 e. The fourth-order valence-electron chi connectivity index (χ4n) is 2.77. The van der Waals surface area contributed by atoms with E-state index in [4.69, 9.17) is 4.74 Å². The number of aliphatic hydroxyl groups is 1. The van der Waals surface area contributed by atoms with Crippen LogP contribution in [0.3, 0.4) is 0 Å². The van der Waals surface area contributed by atoms with Gasteiger partial charge in [-0.05, 0) is 43.4 Å². The fraction of sp³-hybridized carbons (Fsp3) is 0.600. The molecule has 1 atom stereocenters. The van der Waals surface area contributed by atoms with Crippen LogP contribution in [0.4, 0.5) is 0 Å². The molecular formula is C15H22O2. The van der Waals surface area contributed by atoms with E-state index in [1.54, 1.807) is 14.0 Å². The summed E-state index contributed by atoms with van der Waals surface area (Å²) in [5.74, 6) is 1.46. The van der Waals surface area contributed by atoms with Crippen molar-refractivity contribution in [3.8, 4) is 5.75 Å². The summed E-state index contributed by atoms with van der Waals surface area (Å²) < 4.78 is 5.29. The second-order valence-electron chi connectivity index (χ2n) is 5.01. The van der Waals surface area contributed by atoms with Gasteiger partial charge in [0.25, 0.3) is 0 Å². The zero-order valence-electron chi connectivity index (χ0n) is 10.8. The van der Waals surface area contributed by atoms with Crippen molar-refractivity contribution >= 4 is 0 Å². The predicted molar refractivity (Wildman–Crippen MR) is 69.5 cm³/mol. The topological polar surface area (TPSA) is 29.5 Å². The number of methoxy groups -OCH3 is 1. The highest BCUT2D eigenvalue weighted by Crippen LogP contribution is 2.36. The summed E-state index contributed by atoms with van der Waals surface area (Å²) >= 11 is 0. The molecule has 0 aliphatic heterocycles.